The molecule has 0 amide bonds. The Bertz CT molecular complexity index is 408. The Morgan fingerprint density at radius 2 is 0.800 bits per heavy atom. The second-order valence-corrected chi connectivity index (χ2v) is 6.00. The Balaban J connectivity index is 0.000000210. The molecule has 0 saturated carbocycles. The Morgan fingerprint density at radius 1 is 0.450 bits per heavy atom. The van der Waals surface area contributed by atoms with E-state index in [-0.39, 0.29) is 19.5 Å². The van der Waals surface area contributed by atoms with E-state index in [1.54, 1.807) is 0 Å². The van der Waals surface area contributed by atoms with Gasteiger partial charge in [0, 0.05) is 25.9 Å². The molecule has 110 valence electrons. The zero-order valence-corrected chi connectivity index (χ0v) is 13.9. The predicted molar refractivity (Wildman–Crippen MR) is 82.8 cm³/mol. The molecule has 0 fully saturated rings. The Morgan fingerprint density at radius 3 is 1.10 bits per heavy atom. The van der Waals surface area contributed by atoms with Gasteiger partial charge in [0.05, 0.1) is 0 Å². The molecule has 0 heterocycles. The van der Waals surface area contributed by atoms with E-state index in [2.05, 4.69) is 0 Å². The van der Waals surface area contributed by atoms with Gasteiger partial charge in [-0.1, -0.05) is 37.1 Å². The fourth-order valence-electron chi connectivity index (χ4n) is 3.75. The first-order valence-electron chi connectivity index (χ1n) is 8.08. The van der Waals surface area contributed by atoms with Crippen LogP contribution in [-0.4, -0.2) is 0 Å². The average molecular weight is 356 g/mol. The van der Waals surface area contributed by atoms with Gasteiger partial charge in [0.1, 0.15) is 0 Å². The number of allylic oxidation sites excluding steroid dienone is 8. The van der Waals surface area contributed by atoms with Gasteiger partial charge in [0.2, 0.25) is 0 Å². The van der Waals surface area contributed by atoms with E-state index in [0.717, 1.165) is 0 Å². The molecule has 0 atom stereocenters. The van der Waals surface area contributed by atoms with Gasteiger partial charge in [0.25, 0.3) is 0 Å². The smallest absolute Gasteiger partial charge is 0.00506 e. The molecule has 0 bridgehead atoms. The van der Waals surface area contributed by atoms with Crippen LogP contribution < -0.4 is 0 Å². The number of hydrogen-bond acceptors (Lipinski definition) is 0. The largest absolute Gasteiger partial charge is 0.0767 e. The maximum atomic E-state index is 2.00. The van der Waals surface area contributed by atoms with Crippen LogP contribution in [0.25, 0.3) is 0 Å². The minimum absolute atomic E-state index is 0. The van der Waals surface area contributed by atoms with Crippen LogP contribution in [-0.2, 0) is 19.5 Å². The van der Waals surface area contributed by atoms with Gasteiger partial charge >= 0.3 is 0 Å². The molecule has 0 spiro atoms. The Kier molecular flexibility index (Phi) is 6.49. The van der Waals surface area contributed by atoms with Crippen LogP contribution >= 0.6 is 0 Å². The summed E-state index contributed by atoms with van der Waals surface area (Å²) >= 11 is 0. The number of fused-ring (bicyclic) bond motifs is 2. The monoisotopic (exact) mass is 356 g/mol. The van der Waals surface area contributed by atoms with Gasteiger partial charge in [-0.2, -0.15) is 0 Å². The van der Waals surface area contributed by atoms with Crippen molar-refractivity contribution in [3.05, 3.63) is 53.0 Å². The molecule has 0 N–H and O–H groups in total. The maximum Gasteiger partial charge on any atom is 0.00506 e. The first-order chi connectivity index (χ1) is 9.47. The van der Waals surface area contributed by atoms with Crippen LogP contribution in [0.2, 0.25) is 0 Å². The van der Waals surface area contributed by atoms with E-state index >= 15 is 0 Å². The van der Waals surface area contributed by atoms with Crippen LogP contribution in [0.3, 0.4) is 0 Å². The Hall–Kier alpha value is -0.417. The SMILES string of the molecule is C1CCCC2=C(CC1)C1=C2CCCC1.[CH]1C=CC=C1.[Rh]. The third kappa shape index (κ3) is 3.61. The summed E-state index contributed by atoms with van der Waals surface area (Å²) in [5.74, 6) is 0. The van der Waals surface area contributed by atoms with E-state index in [1.807, 2.05) is 53.0 Å². The predicted octanol–water partition coefficient (Wildman–Crippen LogP) is 5.84. The van der Waals surface area contributed by atoms with Crippen LogP contribution in [0.15, 0.2) is 46.6 Å². The van der Waals surface area contributed by atoms with Crippen molar-refractivity contribution in [2.24, 2.45) is 0 Å². The summed E-state index contributed by atoms with van der Waals surface area (Å²) < 4.78 is 0. The molecule has 0 saturated heterocycles. The van der Waals surface area contributed by atoms with Gasteiger partial charge in [0.15, 0.2) is 0 Å². The summed E-state index contributed by atoms with van der Waals surface area (Å²) in [5.41, 5.74) is 7.26. The van der Waals surface area contributed by atoms with Crippen LogP contribution in [0.5, 0.6) is 0 Å². The molecule has 0 aromatic rings. The molecule has 20 heavy (non-hydrogen) atoms. The summed E-state index contributed by atoms with van der Waals surface area (Å²) in [6.45, 7) is 0. The fourth-order valence-corrected chi connectivity index (χ4v) is 3.75. The molecule has 0 aromatic carbocycles. The van der Waals surface area contributed by atoms with Crippen molar-refractivity contribution in [2.75, 3.05) is 0 Å². The second-order valence-electron chi connectivity index (χ2n) is 6.00. The zero-order valence-electron chi connectivity index (χ0n) is 12.3. The third-order valence-electron chi connectivity index (χ3n) is 4.72. The molecule has 0 nitrogen and oxygen atoms in total. The summed E-state index contributed by atoms with van der Waals surface area (Å²) in [6, 6.07) is 0. The molecule has 0 aromatic heterocycles. The molecule has 4 rings (SSSR count). The van der Waals surface area contributed by atoms with Crippen molar-refractivity contribution >= 4 is 0 Å². The van der Waals surface area contributed by atoms with Gasteiger partial charge in [-0.3, -0.25) is 0 Å². The summed E-state index contributed by atoms with van der Waals surface area (Å²) in [4.78, 5) is 0. The minimum atomic E-state index is 0. The summed E-state index contributed by atoms with van der Waals surface area (Å²) in [5, 5.41) is 0. The molecular formula is C19H25Rh. The number of hydrogen-bond donors (Lipinski definition) is 0. The first kappa shape index (κ1) is 16.0. The minimum Gasteiger partial charge on any atom is -0.0767 e. The third-order valence-corrected chi connectivity index (χ3v) is 4.72. The molecule has 0 aliphatic heterocycles. The van der Waals surface area contributed by atoms with E-state index in [9.17, 15) is 0 Å². The molecule has 2 radical (unpaired) electrons. The van der Waals surface area contributed by atoms with Crippen molar-refractivity contribution in [1.29, 1.82) is 0 Å². The molecule has 4 aliphatic rings. The molecular weight excluding hydrogens is 331 g/mol. The van der Waals surface area contributed by atoms with Gasteiger partial charge < -0.3 is 0 Å². The van der Waals surface area contributed by atoms with Crippen LogP contribution in [0, 0.1) is 6.42 Å². The fraction of sp³-hybridized carbons (Fsp3) is 0.526. The topological polar surface area (TPSA) is 0 Å². The van der Waals surface area contributed by atoms with Crippen LogP contribution in [0.4, 0.5) is 0 Å². The van der Waals surface area contributed by atoms with E-state index in [0.29, 0.717) is 0 Å². The van der Waals surface area contributed by atoms with Crippen molar-refractivity contribution in [1.82, 2.24) is 0 Å². The van der Waals surface area contributed by atoms with Crippen molar-refractivity contribution in [3.63, 3.8) is 0 Å². The van der Waals surface area contributed by atoms with Crippen molar-refractivity contribution in [2.45, 2.75) is 64.2 Å². The first-order valence-corrected chi connectivity index (χ1v) is 8.08. The quantitative estimate of drug-likeness (QED) is 0.479. The van der Waals surface area contributed by atoms with Crippen molar-refractivity contribution < 1.29 is 19.5 Å². The number of rotatable bonds is 0. The van der Waals surface area contributed by atoms with Gasteiger partial charge in [-0.05, 0) is 73.7 Å². The zero-order chi connectivity index (χ0) is 12.9. The molecule has 4 aliphatic carbocycles. The standard InChI is InChI=1S/C14H20.C5H5.Rh/c1-2-4-8-12-11(7-3-1)13-9-5-6-10-14(12)13;1-2-4-5-3-1;/h1-10H2;1-5H;. The normalized spacial score (nSPS) is 23.6. The van der Waals surface area contributed by atoms with Gasteiger partial charge in [-0.15, -0.1) is 0 Å². The van der Waals surface area contributed by atoms with Crippen LogP contribution in [0.1, 0.15) is 64.2 Å². The van der Waals surface area contributed by atoms with Gasteiger partial charge in [-0.25, -0.2) is 0 Å². The van der Waals surface area contributed by atoms with Crippen molar-refractivity contribution in [3.8, 4) is 0 Å². The summed E-state index contributed by atoms with van der Waals surface area (Å²) in [7, 11) is 0. The Labute approximate surface area is 136 Å². The average Bonchev–Trinajstić information content (AvgIpc) is 2.97. The summed E-state index contributed by atoms with van der Waals surface area (Å²) in [6.07, 6.45) is 24.4. The van der Waals surface area contributed by atoms with E-state index in [1.165, 1.54) is 64.2 Å². The molecule has 0 unspecified atom stereocenters. The van der Waals surface area contributed by atoms with E-state index < -0.39 is 0 Å². The molecule has 1 heteroatoms. The van der Waals surface area contributed by atoms with E-state index in [4.69, 9.17) is 0 Å². The maximum absolute atomic E-state index is 2.00. The second kappa shape index (κ2) is 8.13.